The summed E-state index contributed by atoms with van der Waals surface area (Å²) < 4.78 is 16.8. The van der Waals surface area contributed by atoms with Gasteiger partial charge >= 0.3 is 0 Å². The lowest BCUT2D eigenvalue weighted by atomic mass is 9.90. The van der Waals surface area contributed by atoms with Crippen LogP contribution in [0.4, 0.5) is 0 Å². The normalized spacial score (nSPS) is 13.9. The molecule has 1 aliphatic carbocycles. The summed E-state index contributed by atoms with van der Waals surface area (Å²) in [5.74, 6) is 1.87. The molecule has 1 aromatic heterocycles. The van der Waals surface area contributed by atoms with Gasteiger partial charge in [-0.1, -0.05) is 12.1 Å². The van der Waals surface area contributed by atoms with Gasteiger partial charge in [-0.05, 0) is 31.9 Å². The summed E-state index contributed by atoms with van der Waals surface area (Å²) in [4.78, 5) is 12.2. The number of carbonyl (C=O) groups excluding carboxylic acids is 1. The van der Waals surface area contributed by atoms with Crippen LogP contribution in [-0.2, 0) is 6.42 Å². The third-order valence-electron chi connectivity index (χ3n) is 3.71. The Hall–Kier alpha value is -2.23. The first-order valence-corrected chi connectivity index (χ1v) is 7.21. The maximum absolute atomic E-state index is 12.2. The number of furan rings is 1. The molecule has 0 saturated carbocycles. The van der Waals surface area contributed by atoms with Gasteiger partial charge in [0.05, 0.1) is 19.3 Å². The van der Waals surface area contributed by atoms with E-state index >= 15 is 0 Å². The van der Waals surface area contributed by atoms with Crippen LogP contribution in [0.3, 0.4) is 0 Å². The molecular weight excluding hydrogens is 268 g/mol. The zero-order chi connectivity index (χ0) is 14.8. The van der Waals surface area contributed by atoms with Crippen LogP contribution in [0.1, 0.15) is 35.7 Å². The van der Waals surface area contributed by atoms with Gasteiger partial charge in [0.25, 0.3) is 5.95 Å². The lowest BCUT2D eigenvalue weighted by Gasteiger charge is -2.12. The topological polar surface area (TPSA) is 48.7 Å². The van der Waals surface area contributed by atoms with Crippen molar-refractivity contribution >= 4 is 5.78 Å². The molecule has 1 aliphatic rings. The molecule has 3 rings (SSSR count). The Morgan fingerprint density at radius 3 is 2.81 bits per heavy atom. The van der Waals surface area contributed by atoms with Crippen molar-refractivity contribution in [1.82, 2.24) is 0 Å². The molecule has 1 aromatic carbocycles. The van der Waals surface area contributed by atoms with Crippen molar-refractivity contribution in [2.24, 2.45) is 0 Å². The number of methoxy groups -OCH3 is 1. The number of hydrogen-bond acceptors (Lipinski definition) is 4. The Labute approximate surface area is 123 Å². The Morgan fingerprint density at radius 2 is 2.05 bits per heavy atom. The number of hydrogen-bond donors (Lipinski definition) is 0. The first-order chi connectivity index (χ1) is 10.3. The lowest BCUT2D eigenvalue weighted by Crippen LogP contribution is -2.10. The fourth-order valence-corrected chi connectivity index (χ4v) is 2.80. The van der Waals surface area contributed by atoms with Gasteiger partial charge in [-0.2, -0.15) is 0 Å². The largest absolute Gasteiger partial charge is 0.496 e. The van der Waals surface area contributed by atoms with Gasteiger partial charge in [0.2, 0.25) is 0 Å². The van der Waals surface area contributed by atoms with E-state index in [-0.39, 0.29) is 5.78 Å². The average molecular weight is 286 g/mol. The number of benzene rings is 1. The Bertz CT molecular complexity index is 669. The molecule has 1 heterocycles. The van der Waals surface area contributed by atoms with Gasteiger partial charge in [-0.3, -0.25) is 4.79 Å². The molecule has 2 aromatic rings. The average Bonchev–Trinajstić information content (AvgIpc) is 2.88. The second-order valence-electron chi connectivity index (χ2n) is 4.98. The van der Waals surface area contributed by atoms with Crippen LogP contribution in [-0.4, -0.2) is 19.5 Å². The second-order valence-corrected chi connectivity index (χ2v) is 4.98. The predicted molar refractivity (Wildman–Crippen MR) is 79.1 cm³/mol. The summed E-state index contributed by atoms with van der Waals surface area (Å²) in [5.41, 5.74) is 2.42. The molecule has 0 radical (unpaired) electrons. The van der Waals surface area contributed by atoms with Gasteiger partial charge in [0, 0.05) is 12.0 Å². The van der Waals surface area contributed by atoms with Crippen molar-refractivity contribution in [2.75, 3.05) is 13.7 Å². The third-order valence-corrected chi connectivity index (χ3v) is 3.71. The van der Waals surface area contributed by atoms with Crippen LogP contribution >= 0.6 is 0 Å². The minimum absolute atomic E-state index is 0.101. The predicted octanol–water partition coefficient (Wildman–Crippen LogP) is 3.87. The number of ketones is 1. The van der Waals surface area contributed by atoms with E-state index in [1.807, 2.05) is 31.2 Å². The molecule has 0 aliphatic heterocycles. The summed E-state index contributed by atoms with van der Waals surface area (Å²) in [6.07, 6.45) is 2.22. The second kappa shape index (κ2) is 5.64. The lowest BCUT2D eigenvalue weighted by molar-refractivity contribution is 0.0966. The van der Waals surface area contributed by atoms with Crippen LogP contribution < -0.4 is 9.47 Å². The van der Waals surface area contributed by atoms with Gasteiger partial charge in [0.15, 0.2) is 5.78 Å². The quantitative estimate of drug-likeness (QED) is 0.856. The minimum atomic E-state index is 0.101. The molecular formula is C17H18O4. The van der Waals surface area contributed by atoms with E-state index < -0.39 is 0 Å². The highest BCUT2D eigenvalue weighted by molar-refractivity contribution is 6.02. The van der Waals surface area contributed by atoms with Crippen molar-refractivity contribution in [1.29, 1.82) is 0 Å². The van der Waals surface area contributed by atoms with Crippen LogP contribution in [0.15, 0.2) is 28.7 Å². The molecule has 0 atom stereocenters. The van der Waals surface area contributed by atoms with Crippen molar-refractivity contribution < 1.29 is 18.7 Å². The van der Waals surface area contributed by atoms with Crippen LogP contribution in [0, 0.1) is 0 Å². The number of fused-ring (bicyclic) bond motifs is 1. The minimum Gasteiger partial charge on any atom is -0.496 e. The van der Waals surface area contributed by atoms with E-state index in [1.54, 1.807) is 7.11 Å². The monoisotopic (exact) mass is 286 g/mol. The van der Waals surface area contributed by atoms with E-state index in [0.717, 1.165) is 29.7 Å². The third kappa shape index (κ3) is 2.31. The molecule has 4 nitrogen and oxygen atoms in total. The maximum atomic E-state index is 12.2. The summed E-state index contributed by atoms with van der Waals surface area (Å²) in [6.45, 7) is 2.35. The molecule has 0 bridgehead atoms. The molecule has 0 N–H and O–H groups in total. The van der Waals surface area contributed by atoms with E-state index in [0.29, 0.717) is 30.3 Å². The smallest absolute Gasteiger partial charge is 0.296 e. The van der Waals surface area contributed by atoms with E-state index in [9.17, 15) is 4.79 Å². The molecule has 0 spiro atoms. The van der Waals surface area contributed by atoms with Gasteiger partial charge < -0.3 is 13.9 Å². The summed E-state index contributed by atoms with van der Waals surface area (Å²) >= 11 is 0. The number of rotatable bonds is 4. The molecule has 110 valence electrons. The molecule has 0 saturated heterocycles. The Balaban J connectivity index is 2.19. The Morgan fingerprint density at radius 1 is 1.24 bits per heavy atom. The van der Waals surface area contributed by atoms with Crippen LogP contribution in [0.5, 0.6) is 11.7 Å². The van der Waals surface area contributed by atoms with Crippen molar-refractivity contribution in [3.8, 4) is 23.0 Å². The fourth-order valence-electron chi connectivity index (χ4n) is 2.80. The highest BCUT2D eigenvalue weighted by Gasteiger charge is 2.31. The van der Waals surface area contributed by atoms with Gasteiger partial charge in [-0.15, -0.1) is 0 Å². The van der Waals surface area contributed by atoms with Crippen molar-refractivity contribution in [3.05, 3.63) is 35.4 Å². The van der Waals surface area contributed by atoms with Gasteiger partial charge in [0.1, 0.15) is 17.1 Å². The first-order valence-electron chi connectivity index (χ1n) is 7.21. The molecule has 0 unspecified atom stereocenters. The zero-order valence-electron chi connectivity index (χ0n) is 12.3. The molecule has 0 fully saturated rings. The molecule has 0 amide bonds. The number of para-hydroxylation sites is 1. The first kappa shape index (κ1) is 13.7. The maximum Gasteiger partial charge on any atom is 0.296 e. The number of Topliss-reactive ketones (excluding diaryl/α,β-unsaturated/α-hetero) is 1. The number of carbonyl (C=O) groups is 1. The molecule has 4 heteroatoms. The summed E-state index contributed by atoms with van der Waals surface area (Å²) in [5, 5.41) is 0. The molecule has 21 heavy (non-hydrogen) atoms. The van der Waals surface area contributed by atoms with E-state index in [2.05, 4.69) is 0 Å². The highest BCUT2D eigenvalue weighted by atomic mass is 16.6. The van der Waals surface area contributed by atoms with E-state index in [1.165, 1.54) is 0 Å². The Kier molecular flexibility index (Phi) is 3.69. The summed E-state index contributed by atoms with van der Waals surface area (Å²) in [7, 11) is 1.63. The van der Waals surface area contributed by atoms with Crippen LogP contribution in [0.25, 0.3) is 11.3 Å². The fraction of sp³-hybridized carbons (Fsp3) is 0.353. The van der Waals surface area contributed by atoms with Gasteiger partial charge in [-0.25, -0.2) is 0 Å². The van der Waals surface area contributed by atoms with Crippen LogP contribution in [0.2, 0.25) is 0 Å². The zero-order valence-corrected chi connectivity index (χ0v) is 12.3. The van der Waals surface area contributed by atoms with Crippen molar-refractivity contribution in [2.45, 2.75) is 26.2 Å². The van der Waals surface area contributed by atoms with E-state index in [4.69, 9.17) is 13.9 Å². The SMILES string of the molecule is CCOc1oc(-c2ccccc2OC)c2c1C(=O)CCC2. The van der Waals surface area contributed by atoms with Crippen molar-refractivity contribution in [3.63, 3.8) is 0 Å². The summed E-state index contributed by atoms with van der Waals surface area (Å²) in [6, 6.07) is 7.66. The highest BCUT2D eigenvalue weighted by Crippen LogP contribution is 2.43. The number of ether oxygens (including phenoxy) is 2. The standard InChI is InChI=1S/C17H18O4/c1-3-20-17-15-12(8-6-9-13(15)18)16(21-17)11-7-4-5-10-14(11)19-2/h4-5,7,10H,3,6,8-9H2,1-2H3.